The fourth-order valence-electron chi connectivity index (χ4n) is 1.13. The number of nitrogen functional groups attached to an aromatic ring is 1. The third kappa shape index (κ3) is 1.75. The average molecular weight is 205 g/mol. The lowest BCUT2D eigenvalue weighted by Gasteiger charge is -1.98. The van der Waals surface area contributed by atoms with Crippen molar-refractivity contribution < 1.29 is 4.92 Å². The van der Waals surface area contributed by atoms with Gasteiger partial charge in [-0.1, -0.05) is 6.07 Å². The number of non-ortho nitro benzene ring substituents is 1. The normalized spacial score (nSPS) is 10.1. The first kappa shape index (κ1) is 9.13. The molecular formula is C8H7N5O2. The number of benzene rings is 1. The molecule has 76 valence electrons. The molecule has 0 saturated heterocycles. The van der Waals surface area contributed by atoms with Crippen molar-refractivity contribution in [2.24, 2.45) is 0 Å². The van der Waals surface area contributed by atoms with Crippen LogP contribution in [0.4, 0.5) is 11.5 Å². The molecule has 0 atom stereocenters. The van der Waals surface area contributed by atoms with E-state index in [-0.39, 0.29) is 11.5 Å². The highest BCUT2D eigenvalue weighted by Gasteiger charge is 2.07. The number of nitrogens with zero attached hydrogens (tertiary/aromatic N) is 4. The first-order valence-electron chi connectivity index (χ1n) is 4.09. The van der Waals surface area contributed by atoms with Crippen LogP contribution in [0, 0.1) is 10.1 Å². The van der Waals surface area contributed by atoms with Crippen LogP contribution in [0.2, 0.25) is 0 Å². The summed E-state index contributed by atoms with van der Waals surface area (Å²) >= 11 is 0. The van der Waals surface area contributed by atoms with Gasteiger partial charge >= 0.3 is 0 Å². The Balaban J connectivity index is 2.45. The third-order valence-electron chi connectivity index (χ3n) is 1.78. The molecular weight excluding hydrogens is 198 g/mol. The van der Waals surface area contributed by atoms with Crippen molar-refractivity contribution >= 4 is 11.5 Å². The molecule has 1 aromatic carbocycles. The van der Waals surface area contributed by atoms with Gasteiger partial charge in [-0.05, 0) is 6.07 Å². The Bertz CT molecular complexity index is 507. The minimum absolute atomic E-state index is 0.0108. The van der Waals surface area contributed by atoms with Gasteiger partial charge in [0, 0.05) is 12.1 Å². The van der Waals surface area contributed by atoms with Crippen LogP contribution in [0.5, 0.6) is 0 Å². The highest BCUT2D eigenvalue weighted by Crippen LogP contribution is 2.15. The van der Waals surface area contributed by atoms with Crippen LogP contribution in [0.25, 0.3) is 5.69 Å². The number of nitro groups is 1. The molecule has 0 saturated carbocycles. The molecule has 0 aliphatic carbocycles. The molecule has 7 nitrogen and oxygen atoms in total. The van der Waals surface area contributed by atoms with E-state index in [0.717, 1.165) is 0 Å². The van der Waals surface area contributed by atoms with Gasteiger partial charge in [0.15, 0.2) is 5.82 Å². The Morgan fingerprint density at radius 2 is 2.27 bits per heavy atom. The second-order valence-electron chi connectivity index (χ2n) is 2.84. The molecule has 2 N–H and O–H groups in total. The second-order valence-corrected chi connectivity index (χ2v) is 2.84. The van der Waals surface area contributed by atoms with Crippen LogP contribution in [-0.2, 0) is 0 Å². The van der Waals surface area contributed by atoms with Crippen molar-refractivity contribution in [3.63, 3.8) is 0 Å². The lowest BCUT2D eigenvalue weighted by Crippen LogP contribution is -2.00. The molecule has 2 rings (SSSR count). The lowest BCUT2D eigenvalue weighted by atomic mass is 10.3. The summed E-state index contributed by atoms with van der Waals surface area (Å²) in [5.74, 6) is 0.265. The van der Waals surface area contributed by atoms with Crippen LogP contribution in [0.3, 0.4) is 0 Å². The van der Waals surface area contributed by atoms with E-state index in [9.17, 15) is 10.1 Å². The Morgan fingerprint density at radius 3 is 2.87 bits per heavy atom. The summed E-state index contributed by atoms with van der Waals surface area (Å²) < 4.78 is 0. The van der Waals surface area contributed by atoms with E-state index in [4.69, 9.17) is 5.73 Å². The van der Waals surface area contributed by atoms with E-state index in [0.29, 0.717) is 5.69 Å². The highest BCUT2D eigenvalue weighted by atomic mass is 16.6. The molecule has 0 spiro atoms. The van der Waals surface area contributed by atoms with E-state index in [2.05, 4.69) is 10.2 Å². The Hall–Kier alpha value is -2.44. The van der Waals surface area contributed by atoms with Crippen LogP contribution >= 0.6 is 0 Å². The van der Waals surface area contributed by atoms with Crippen LogP contribution < -0.4 is 5.73 Å². The number of hydrogen-bond acceptors (Lipinski definition) is 5. The third-order valence-corrected chi connectivity index (χ3v) is 1.78. The standard InChI is InChI=1S/C8H7N5O2/c9-8-5-10-12(11-8)6-2-1-3-7(4-6)13(14)15/h1-5H,(H2,9,11). The molecule has 2 aromatic rings. The fourth-order valence-corrected chi connectivity index (χ4v) is 1.13. The van der Waals surface area contributed by atoms with Crippen LogP contribution in [0.15, 0.2) is 30.5 Å². The zero-order valence-corrected chi connectivity index (χ0v) is 7.57. The molecule has 0 unspecified atom stereocenters. The van der Waals surface area contributed by atoms with Crippen molar-refractivity contribution in [1.29, 1.82) is 0 Å². The largest absolute Gasteiger partial charge is 0.381 e. The monoisotopic (exact) mass is 205 g/mol. The van der Waals surface area contributed by atoms with Crippen molar-refractivity contribution in [3.8, 4) is 5.69 Å². The SMILES string of the molecule is Nc1cnn(-c2cccc([N+](=O)[O-])c2)n1. The van der Waals surface area contributed by atoms with E-state index in [1.165, 1.54) is 23.1 Å². The van der Waals surface area contributed by atoms with Gasteiger partial charge in [0.2, 0.25) is 0 Å². The zero-order valence-electron chi connectivity index (χ0n) is 7.57. The summed E-state index contributed by atoms with van der Waals surface area (Å²) in [6.07, 6.45) is 1.37. The first-order chi connectivity index (χ1) is 7.16. The average Bonchev–Trinajstić information content (AvgIpc) is 2.65. The lowest BCUT2D eigenvalue weighted by molar-refractivity contribution is -0.384. The summed E-state index contributed by atoms with van der Waals surface area (Å²) in [6, 6.07) is 6.00. The van der Waals surface area contributed by atoms with Crippen molar-refractivity contribution in [2.75, 3.05) is 5.73 Å². The van der Waals surface area contributed by atoms with E-state index in [1.807, 2.05) is 0 Å². The number of hydrogen-bond donors (Lipinski definition) is 1. The van der Waals surface area contributed by atoms with Gasteiger partial charge in [0.25, 0.3) is 5.69 Å². The molecule has 0 fully saturated rings. The molecule has 0 bridgehead atoms. The topological polar surface area (TPSA) is 99.9 Å². The van der Waals surface area contributed by atoms with Crippen molar-refractivity contribution in [1.82, 2.24) is 15.0 Å². The summed E-state index contributed by atoms with van der Waals surface area (Å²) in [4.78, 5) is 11.3. The Kier molecular flexibility index (Phi) is 2.05. The first-order valence-corrected chi connectivity index (χ1v) is 4.09. The van der Waals surface area contributed by atoms with Crippen molar-refractivity contribution in [2.45, 2.75) is 0 Å². The van der Waals surface area contributed by atoms with Gasteiger partial charge in [-0.2, -0.15) is 5.10 Å². The minimum atomic E-state index is -0.476. The number of nitro benzene ring substituents is 1. The molecule has 0 amide bonds. The maximum Gasteiger partial charge on any atom is 0.271 e. The molecule has 0 aliphatic rings. The van der Waals surface area contributed by atoms with Crippen LogP contribution in [-0.4, -0.2) is 19.9 Å². The highest BCUT2D eigenvalue weighted by molar-refractivity contribution is 5.42. The number of nitrogens with two attached hydrogens (primary N) is 1. The number of rotatable bonds is 2. The van der Waals surface area contributed by atoms with E-state index < -0.39 is 4.92 Å². The van der Waals surface area contributed by atoms with E-state index in [1.54, 1.807) is 12.1 Å². The molecule has 15 heavy (non-hydrogen) atoms. The molecule has 0 radical (unpaired) electrons. The summed E-state index contributed by atoms with van der Waals surface area (Å²) in [5.41, 5.74) is 5.88. The summed E-state index contributed by atoms with van der Waals surface area (Å²) in [5, 5.41) is 18.2. The van der Waals surface area contributed by atoms with Gasteiger partial charge in [-0.15, -0.1) is 9.90 Å². The molecule has 1 aromatic heterocycles. The van der Waals surface area contributed by atoms with Gasteiger partial charge in [-0.25, -0.2) is 0 Å². The van der Waals surface area contributed by atoms with Crippen molar-refractivity contribution in [3.05, 3.63) is 40.6 Å². The fraction of sp³-hybridized carbons (Fsp3) is 0. The van der Waals surface area contributed by atoms with Gasteiger partial charge in [0.1, 0.15) is 0 Å². The quantitative estimate of drug-likeness (QED) is 0.576. The van der Waals surface area contributed by atoms with E-state index >= 15 is 0 Å². The maximum absolute atomic E-state index is 10.5. The van der Waals surface area contributed by atoms with Gasteiger partial charge in [0.05, 0.1) is 16.8 Å². The number of anilines is 1. The Morgan fingerprint density at radius 1 is 1.47 bits per heavy atom. The van der Waals surface area contributed by atoms with Gasteiger partial charge < -0.3 is 5.73 Å². The molecule has 0 aliphatic heterocycles. The summed E-state index contributed by atoms with van der Waals surface area (Å²) in [7, 11) is 0. The second kappa shape index (κ2) is 3.37. The Labute approximate surface area is 84.3 Å². The van der Waals surface area contributed by atoms with Gasteiger partial charge in [-0.3, -0.25) is 10.1 Å². The molecule has 7 heteroatoms. The zero-order chi connectivity index (χ0) is 10.8. The predicted octanol–water partition coefficient (Wildman–Crippen LogP) is 0.758. The maximum atomic E-state index is 10.5. The number of aromatic nitrogens is 3. The van der Waals surface area contributed by atoms with Crippen LogP contribution in [0.1, 0.15) is 0 Å². The smallest absolute Gasteiger partial charge is 0.271 e. The summed E-state index contributed by atoms with van der Waals surface area (Å²) in [6.45, 7) is 0. The predicted molar refractivity (Wildman–Crippen MR) is 52.4 cm³/mol. The molecule has 1 heterocycles. The minimum Gasteiger partial charge on any atom is -0.381 e.